The third-order valence-corrected chi connectivity index (χ3v) is 4.59. The second-order valence-electron chi connectivity index (χ2n) is 5.17. The molecule has 0 spiro atoms. The largest absolute Gasteiger partial charge is 0.333 e. The van der Waals surface area contributed by atoms with Crippen LogP contribution < -0.4 is 0 Å². The first-order valence-corrected chi connectivity index (χ1v) is 8.15. The van der Waals surface area contributed by atoms with Crippen molar-refractivity contribution >= 4 is 19.7 Å². The van der Waals surface area contributed by atoms with Crippen molar-refractivity contribution in [3.8, 4) is 0 Å². The molecule has 1 aromatic heterocycles. The smallest absolute Gasteiger partial charge is 0.280 e. The Bertz CT molecular complexity index is 487. The van der Waals surface area contributed by atoms with Gasteiger partial charge in [-0.1, -0.05) is 13.8 Å². The first-order chi connectivity index (χ1) is 7.86. The monoisotopic (exact) mass is 276 g/mol. The fraction of sp³-hybridized carbons (Fsp3) is 0.727. The number of imidazole rings is 1. The standard InChI is InChI=1S/C11H17ClN2O2S/c1-8-3-9(2)5-10(4-8)14-6-11(13-7-14)17(12,15)16/h6-10H,3-5H2,1-2H3. The van der Waals surface area contributed by atoms with Gasteiger partial charge in [-0.25, -0.2) is 13.4 Å². The van der Waals surface area contributed by atoms with Crippen LogP contribution in [0.15, 0.2) is 17.6 Å². The highest BCUT2D eigenvalue weighted by molar-refractivity contribution is 8.13. The van der Waals surface area contributed by atoms with Crippen LogP contribution in [0.25, 0.3) is 0 Å². The number of rotatable bonds is 2. The van der Waals surface area contributed by atoms with Gasteiger partial charge in [0.15, 0.2) is 5.03 Å². The molecule has 0 saturated heterocycles. The van der Waals surface area contributed by atoms with Crippen LogP contribution in [0, 0.1) is 11.8 Å². The molecule has 2 rings (SSSR count). The van der Waals surface area contributed by atoms with Gasteiger partial charge in [0.05, 0.1) is 6.33 Å². The molecule has 0 radical (unpaired) electrons. The molecule has 17 heavy (non-hydrogen) atoms. The molecule has 0 bridgehead atoms. The fourth-order valence-corrected chi connectivity index (χ4v) is 3.45. The molecule has 96 valence electrons. The van der Waals surface area contributed by atoms with E-state index in [0.717, 1.165) is 12.8 Å². The average Bonchev–Trinajstić information content (AvgIpc) is 2.63. The lowest BCUT2D eigenvalue weighted by Gasteiger charge is -2.32. The Kier molecular flexibility index (Phi) is 3.50. The zero-order valence-electron chi connectivity index (χ0n) is 10.0. The van der Waals surface area contributed by atoms with Gasteiger partial charge in [0, 0.05) is 22.9 Å². The zero-order chi connectivity index (χ0) is 12.6. The van der Waals surface area contributed by atoms with E-state index in [1.54, 1.807) is 6.33 Å². The van der Waals surface area contributed by atoms with E-state index in [0.29, 0.717) is 17.9 Å². The van der Waals surface area contributed by atoms with E-state index in [9.17, 15) is 8.42 Å². The van der Waals surface area contributed by atoms with Crippen LogP contribution in [0.1, 0.15) is 39.2 Å². The summed E-state index contributed by atoms with van der Waals surface area (Å²) in [6, 6.07) is 0.341. The van der Waals surface area contributed by atoms with Gasteiger partial charge >= 0.3 is 0 Å². The maximum Gasteiger partial charge on any atom is 0.280 e. The van der Waals surface area contributed by atoms with Crippen molar-refractivity contribution in [1.82, 2.24) is 9.55 Å². The Morgan fingerprint density at radius 3 is 2.35 bits per heavy atom. The maximum absolute atomic E-state index is 11.1. The Balaban J connectivity index is 2.20. The predicted octanol–water partition coefficient (Wildman–Crippen LogP) is 2.81. The van der Waals surface area contributed by atoms with Crippen LogP contribution in [0.4, 0.5) is 0 Å². The molecule has 0 aliphatic heterocycles. The molecule has 1 aliphatic carbocycles. The summed E-state index contributed by atoms with van der Waals surface area (Å²) in [5.41, 5.74) is 0. The van der Waals surface area contributed by atoms with Gasteiger partial charge in [0.25, 0.3) is 9.05 Å². The lowest BCUT2D eigenvalue weighted by molar-refractivity contribution is 0.221. The summed E-state index contributed by atoms with van der Waals surface area (Å²) in [5, 5.41) is -0.0509. The van der Waals surface area contributed by atoms with E-state index in [1.807, 2.05) is 4.57 Å². The third kappa shape index (κ3) is 3.01. The lowest BCUT2D eigenvalue weighted by Crippen LogP contribution is -2.21. The molecule has 4 nitrogen and oxygen atoms in total. The van der Waals surface area contributed by atoms with Crippen molar-refractivity contribution < 1.29 is 8.42 Å². The van der Waals surface area contributed by atoms with Crippen molar-refractivity contribution in [2.75, 3.05) is 0 Å². The summed E-state index contributed by atoms with van der Waals surface area (Å²) < 4.78 is 24.2. The molecule has 1 fully saturated rings. The molecule has 0 amide bonds. The molecular weight excluding hydrogens is 260 g/mol. The molecule has 1 heterocycles. The van der Waals surface area contributed by atoms with Crippen LogP contribution in [-0.2, 0) is 9.05 Å². The minimum Gasteiger partial charge on any atom is -0.333 e. The number of halogens is 1. The zero-order valence-corrected chi connectivity index (χ0v) is 11.6. The van der Waals surface area contributed by atoms with E-state index in [4.69, 9.17) is 10.7 Å². The first-order valence-electron chi connectivity index (χ1n) is 5.84. The summed E-state index contributed by atoms with van der Waals surface area (Å²) in [6.07, 6.45) is 6.50. The summed E-state index contributed by atoms with van der Waals surface area (Å²) in [5.74, 6) is 1.34. The Labute approximate surface area is 106 Å². The first kappa shape index (κ1) is 12.9. The van der Waals surface area contributed by atoms with Crippen LogP contribution in [-0.4, -0.2) is 18.0 Å². The quantitative estimate of drug-likeness (QED) is 0.781. The van der Waals surface area contributed by atoms with E-state index >= 15 is 0 Å². The minimum atomic E-state index is -3.71. The summed E-state index contributed by atoms with van der Waals surface area (Å²) in [6.45, 7) is 4.47. The van der Waals surface area contributed by atoms with Gasteiger partial charge in [-0.15, -0.1) is 0 Å². The van der Waals surface area contributed by atoms with E-state index in [-0.39, 0.29) is 5.03 Å². The highest BCUT2D eigenvalue weighted by Crippen LogP contribution is 2.36. The molecule has 0 N–H and O–H groups in total. The summed E-state index contributed by atoms with van der Waals surface area (Å²) in [4.78, 5) is 3.86. The SMILES string of the molecule is CC1CC(C)CC(n2cnc(S(=O)(=O)Cl)c2)C1. The van der Waals surface area contributed by atoms with Gasteiger partial charge in [-0.05, 0) is 31.1 Å². The van der Waals surface area contributed by atoms with Gasteiger partial charge in [-0.3, -0.25) is 0 Å². The third-order valence-electron chi connectivity index (χ3n) is 3.40. The van der Waals surface area contributed by atoms with Crippen LogP contribution >= 0.6 is 10.7 Å². The molecule has 1 saturated carbocycles. The van der Waals surface area contributed by atoms with Crippen LogP contribution in [0.5, 0.6) is 0 Å². The number of aromatic nitrogens is 2. The predicted molar refractivity (Wildman–Crippen MR) is 66.5 cm³/mol. The average molecular weight is 277 g/mol. The van der Waals surface area contributed by atoms with Crippen LogP contribution in [0.2, 0.25) is 0 Å². The second kappa shape index (κ2) is 4.61. The van der Waals surface area contributed by atoms with E-state index < -0.39 is 9.05 Å². The fourth-order valence-electron chi connectivity index (χ4n) is 2.79. The lowest BCUT2D eigenvalue weighted by atomic mass is 9.80. The summed E-state index contributed by atoms with van der Waals surface area (Å²) >= 11 is 0. The highest BCUT2D eigenvalue weighted by Gasteiger charge is 2.26. The van der Waals surface area contributed by atoms with Gasteiger partial charge < -0.3 is 4.57 Å². The molecule has 2 atom stereocenters. The number of hydrogen-bond acceptors (Lipinski definition) is 3. The van der Waals surface area contributed by atoms with E-state index in [1.165, 1.54) is 12.6 Å². The van der Waals surface area contributed by atoms with Crippen LogP contribution in [0.3, 0.4) is 0 Å². The molecule has 0 aromatic carbocycles. The highest BCUT2D eigenvalue weighted by atomic mass is 35.7. The Hall–Kier alpha value is -0.550. The van der Waals surface area contributed by atoms with Gasteiger partial charge in [0.1, 0.15) is 0 Å². The van der Waals surface area contributed by atoms with Crippen molar-refractivity contribution in [2.45, 2.75) is 44.2 Å². The van der Waals surface area contributed by atoms with Crippen molar-refractivity contribution in [3.05, 3.63) is 12.5 Å². The van der Waals surface area contributed by atoms with E-state index in [2.05, 4.69) is 18.8 Å². The molecule has 2 unspecified atom stereocenters. The molecule has 6 heteroatoms. The number of hydrogen-bond donors (Lipinski definition) is 0. The Morgan fingerprint density at radius 2 is 1.88 bits per heavy atom. The maximum atomic E-state index is 11.1. The van der Waals surface area contributed by atoms with Gasteiger partial charge in [-0.2, -0.15) is 0 Å². The minimum absolute atomic E-state index is 0.0509. The van der Waals surface area contributed by atoms with Crippen molar-refractivity contribution in [1.29, 1.82) is 0 Å². The molecule has 1 aromatic rings. The number of nitrogens with zero attached hydrogens (tertiary/aromatic N) is 2. The van der Waals surface area contributed by atoms with Gasteiger partial charge in [0.2, 0.25) is 0 Å². The summed E-state index contributed by atoms with van der Waals surface area (Å²) in [7, 11) is 1.56. The normalized spacial score (nSPS) is 30.4. The Morgan fingerprint density at radius 1 is 1.29 bits per heavy atom. The topological polar surface area (TPSA) is 52.0 Å². The molecular formula is C11H17ClN2O2S. The van der Waals surface area contributed by atoms with Crippen molar-refractivity contribution in [3.63, 3.8) is 0 Å². The second-order valence-corrected chi connectivity index (χ2v) is 7.68. The van der Waals surface area contributed by atoms with Crippen molar-refractivity contribution in [2.24, 2.45) is 11.8 Å². The molecule has 1 aliphatic rings.